The van der Waals surface area contributed by atoms with Crippen LogP contribution in [0.4, 0.5) is 13.9 Å². The zero-order valence-electron chi connectivity index (χ0n) is 11.2. The number of aromatic nitrogens is 1. The molecule has 0 spiro atoms. The Morgan fingerprint density at radius 2 is 1.77 bits per heavy atom. The second-order valence-electron chi connectivity index (χ2n) is 4.48. The quantitative estimate of drug-likeness (QED) is 0.781. The lowest BCUT2D eigenvalue weighted by molar-refractivity contribution is 0.102. The van der Waals surface area contributed by atoms with Crippen molar-refractivity contribution in [1.82, 2.24) is 4.98 Å². The number of thiazole rings is 1. The number of hydrogen-bond acceptors (Lipinski definition) is 3. The van der Waals surface area contributed by atoms with E-state index >= 15 is 0 Å². The molecule has 1 amide bonds. The zero-order chi connectivity index (χ0) is 15.5. The third kappa shape index (κ3) is 3.01. The van der Waals surface area contributed by atoms with Gasteiger partial charge in [-0.1, -0.05) is 12.1 Å². The van der Waals surface area contributed by atoms with E-state index in [4.69, 9.17) is 0 Å². The predicted octanol–water partition coefficient (Wildman–Crippen LogP) is 4.34. The summed E-state index contributed by atoms with van der Waals surface area (Å²) in [4.78, 5) is 16.2. The largest absolute Gasteiger partial charge is 0.298 e. The van der Waals surface area contributed by atoms with Gasteiger partial charge in [0.1, 0.15) is 11.6 Å². The third-order valence-electron chi connectivity index (χ3n) is 2.98. The van der Waals surface area contributed by atoms with E-state index in [0.29, 0.717) is 10.8 Å². The van der Waals surface area contributed by atoms with Crippen molar-refractivity contribution in [1.29, 1.82) is 0 Å². The molecular formula is C16H10F2N2OS. The van der Waals surface area contributed by atoms with Gasteiger partial charge in [-0.05, 0) is 36.4 Å². The molecule has 1 N–H and O–H groups in total. The van der Waals surface area contributed by atoms with Gasteiger partial charge in [0, 0.05) is 10.9 Å². The van der Waals surface area contributed by atoms with Crippen molar-refractivity contribution in [2.75, 3.05) is 5.32 Å². The summed E-state index contributed by atoms with van der Waals surface area (Å²) in [5.74, 6) is -1.47. The fourth-order valence-corrected chi connectivity index (χ4v) is 2.61. The van der Waals surface area contributed by atoms with Crippen LogP contribution in [0.2, 0.25) is 0 Å². The van der Waals surface area contributed by atoms with Crippen LogP contribution >= 0.6 is 11.3 Å². The first-order chi connectivity index (χ1) is 10.6. The molecule has 6 heteroatoms. The SMILES string of the molecule is O=C(Nc1nc(-c2ccc(F)cc2)cs1)c1ccccc1F. The molecule has 0 unspecified atom stereocenters. The molecule has 2 aromatic carbocycles. The molecule has 0 saturated heterocycles. The van der Waals surface area contributed by atoms with Crippen molar-refractivity contribution in [3.8, 4) is 11.3 Å². The Bertz CT molecular complexity index is 815. The highest BCUT2D eigenvalue weighted by molar-refractivity contribution is 7.14. The van der Waals surface area contributed by atoms with Gasteiger partial charge in [0.15, 0.2) is 5.13 Å². The number of carbonyl (C=O) groups excluding carboxylic acids is 1. The van der Waals surface area contributed by atoms with Crippen LogP contribution in [-0.2, 0) is 0 Å². The highest BCUT2D eigenvalue weighted by atomic mass is 32.1. The van der Waals surface area contributed by atoms with Crippen molar-refractivity contribution >= 4 is 22.4 Å². The number of hydrogen-bond donors (Lipinski definition) is 1. The zero-order valence-corrected chi connectivity index (χ0v) is 12.0. The topological polar surface area (TPSA) is 42.0 Å². The molecule has 0 aliphatic carbocycles. The number of rotatable bonds is 3. The van der Waals surface area contributed by atoms with Crippen molar-refractivity contribution in [2.45, 2.75) is 0 Å². The second kappa shape index (κ2) is 6.03. The van der Waals surface area contributed by atoms with Crippen LogP contribution in [0.5, 0.6) is 0 Å². The Morgan fingerprint density at radius 3 is 2.50 bits per heavy atom. The summed E-state index contributed by atoms with van der Waals surface area (Å²) >= 11 is 1.22. The van der Waals surface area contributed by atoms with E-state index in [1.165, 1.54) is 41.7 Å². The highest BCUT2D eigenvalue weighted by Gasteiger charge is 2.13. The molecule has 0 atom stereocenters. The molecule has 0 radical (unpaired) electrons. The molecular weight excluding hydrogens is 306 g/mol. The molecule has 0 aliphatic heterocycles. The van der Waals surface area contributed by atoms with E-state index in [1.807, 2.05) is 0 Å². The monoisotopic (exact) mass is 316 g/mol. The molecule has 22 heavy (non-hydrogen) atoms. The minimum Gasteiger partial charge on any atom is -0.298 e. The molecule has 1 heterocycles. The van der Waals surface area contributed by atoms with Gasteiger partial charge in [0.25, 0.3) is 5.91 Å². The summed E-state index contributed by atoms with van der Waals surface area (Å²) in [5.41, 5.74) is 1.32. The van der Waals surface area contributed by atoms with Crippen molar-refractivity contribution in [3.05, 3.63) is 71.1 Å². The minimum absolute atomic E-state index is 0.0407. The van der Waals surface area contributed by atoms with Crippen LogP contribution in [0.3, 0.4) is 0 Å². The van der Waals surface area contributed by atoms with Crippen LogP contribution in [0.1, 0.15) is 10.4 Å². The number of benzene rings is 2. The van der Waals surface area contributed by atoms with Crippen LogP contribution in [0.25, 0.3) is 11.3 Å². The molecule has 0 saturated carbocycles. The van der Waals surface area contributed by atoms with Crippen LogP contribution in [0.15, 0.2) is 53.9 Å². The van der Waals surface area contributed by atoms with Crippen LogP contribution in [0, 0.1) is 11.6 Å². The first-order valence-corrected chi connectivity index (χ1v) is 7.29. The fourth-order valence-electron chi connectivity index (χ4n) is 1.89. The Hall–Kier alpha value is -2.60. The van der Waals surface area contributed by atoms with Gasteiger partial charge in [-0.15, -0.1) is 11.3 Å². The van der Waals surface area contributed by atoms with E-state index in [-0.39, 0.29) is 11.4 Å². The number of nitrogens with one attached hydrogen (secondary N) is 1. The summed E-state index contributed by atoms with van der Waals surface area (Å²) in [6.07, 6.45) is 0. The Morgan fingerprint density at radius 1 is 1.05 bits per heavy atom. The number of halogens is 2. The van der Waals surface area contributed by atoms with E-state index < -0.39 is 11.7 Å². The molecule has 0 bridgehead atoms. The average Bonchev–Trinajstić information content (AvgIpc) is 2.97. The van der Waals surface area contributed by atoms with Crippen LogP contribution in [-0.4, -0.2) is 10.9 Å². The molecule has 1 aromatic heterocycles. The summed E-state index contributed by atoms with van der Waals surface area (Å²) in [5, 5.41) is 4.65. The van der Waals surface area contributed by atoms with Gasteiger partial charge in [0.2, 0.25) is 0 Å². The summed E-state index contributed by atoms with van der Waals surface area (Å²) in [6.45, 7) is 0. The van der Waals surface area contributed by atoms with Crippen molar-refractivity contribution in [2.24, 2.45) is 0 Å². The van der Waals surface area contributed by atoms with Crippen LogP contribution < -0.4 is 5.32 Å². The Balaban J connectivity index is 1.78. The normalized spacial score (nSPS) is 10.5. The molecule has 0 aliphatic rings. The second-order valence-corrected chi connectivity index (χ2v) is 5.34. The summed E-state index contributed by atoms with van der Waals surface area (Å²) in [7, 11) is 0. The van der Waals surface area contributed by atoms with Crippen molar-refractivity contribution < 1.29 is 13.6 Å². The lowest BCUT2D eigenvalue weighted by atomic mass is 10.2. The van der Waals surface area contributed by atoms with Crippen molar-refractivity contribution in [3.63, 3.8) is 0 Å². The van der Waals surface area contributed by atoms with Gasteiger partial charge in [0.05, 0.1) is 11.3 Å². The number of anilines is 1. The number of carbonyl (C=O) groups is 1. The number of nitrogens with zero attached hydrogens (tertiary/aromatic N) is 1. The average molecular weight is 316 g/mol. The highest BCUT2D eigenvalue weighted by Crippen LogP contribution is 2.25. The lowest BCUT2D eigenvalue weighted by Gasteiger charge is -2.02. The lowest BCUT2D eigenvalue weighted by Crippen LogP contribution is -2.13. The minimum atomic E-state index is -0.588. The first-order valence-electron chi connectivity index (χ1n) is 6.41. The summed E-state index contributed by atoms with van der Waals surface area (Å²) < 4.78 is 26.4. The van der Waals surface area contributed by atoms with Gasteiger partial charge < -0.3 is 0 Å². The molecule has 3 aromatic rings. The molecule has 0 fully saturated rings. The molecule has 3 nitrogen and oxygen atoms in total. The van der Waals surface area contributed by atoms with Gasteiger partial charge >= 0.3 is 0 Å². The van der Waals surface area contributed by atoms with E-state index in [9.17, 15) is 13.6 Å². The van der Waals surface area contributed by atoms with Gasteiger partial charge in [-0.3, -0.25) is 10.1 Å². The standard InChI is InChI=1S/C16H10F2N2OS/c17-11-7-5-10(6-8-11)14-9-22-16(19-14)20-15(21)12-3-1-2-4-13(12)18/h1-9H,(H,19,20,21). The van der Waals surface area contributed by atoms with Gasteiger partial charge in [-0.25, -0.2) is 13.8 Å². The van der Waals surface area contributed by atoms with E-state index in [0.717, 1.165) is 5.56 Å². The fraction of sp³-hybridized carbons (Fsp3) is 0. The maximum absolute atomic E-state index is 13.5. The number of amides is 1. The maximum atomic E-state index is 13.5. The third-order valence-corrected chi connectivity index (χ3v) is 3.74. The molecule has 3 rings (SSSR count). The van der Waals surface area contributed by atoms with E-state index in [2.05, 4.69) is 10.3 Å². The molecule has 110 valence electrons. The predicted molar refractivity (Wildman–Crippen MR) is 81.9 cm³/mol. The van der Waals surface area contributed by atoms with E-state index in [1.54, 1.807) is 23.6 Å². The smallest absolute Gasteiger partial charge is 0.260 e. The summed E-state index contributed by atoms with van der Waals surface area (Å²) in [6, 6.07) is 11.6. The Kier molecular flexibility index (Phi) is 3.93. The maximum Gasteiger partial charge on any atom is 0.260 e. The first kappa shape index (κ1) is 14.3. The Labute approximate surface area is 129 Å². The van der Waals surface area contributed by atoms with Gasteiger partial charge in [-0.2, -0.15) is 0 Å².